The van der Waals surface area contributed by atoms with Gasteiger partial charge in [0.2, 0.25) is 0 Å². The highest BCUT2D eigenvalue weighted by molar-refractivity contribution is 5.35. The molecule has 1 aromatic rings. The Balaban J connectivity index is 2.05. The summed E-state index contributed by atoms with van der Waals surface area (Å²) in [6.07, 6.45) is 3.65. The van der Waals surface area contributed by atoms with Gasteiger partial charge in [-0.25, -0.2) is 4.39 Å². The summed E-state index contributed by atoms with van der Waals surface area (Å²) in [4.78, 5) is 0. The third-order valence-electron chi connectivity index (χ3n) is 4.67. The molecule has 106 valence electrons. The van der Waals surface area contributed by atoms with E-state index in [9.17, 15) is 9.50 Å². The molecule has 2 nitrogen and oxygen atoms in total. The van der Waals surface area contributed by atoms with E-state index in [1.54, 1.807) is 0 Å². The molecule has 0 amide bonds. The summed E-state index contributed by atoms with van der Waals surface area (Å²) < 4.78 is 13.3. The first kappa shape index (κ1) is 14.3. The smallest absolute Gasteiger partial charge is 0.123 e. The predicted molar refractivity (Wildman–Crippen MR) is 75.6 cm³/mol. The van der Waals surface area contributed by atoms with Gasteiger partial charge in [-0.15, -0.1) is 0 Å². The maximum absolute atomic E-state index is 13.3. The number of phenolic OH excluding ortho intramolecular Hbond substituents is 1. The Morgan fingerprint density at radius 2 is 2.16 bits per heavy atom. The second-order valence-corrected chi connectivity index (χ2v) is 5.80. The van der Waals surface area contributed by atoms with Crippen LogP contribution in [0.5, 0.6) is 5.75 Å². The van der Waals surface area contributed by atoms with E-state index in [1.165, 1.54) is 37.5 Å². The van der Waals surface area contributed by atoms with Crippen molar-refractivity contribution < 1.29 is 9.50 Å². The molecule has 0 radical (unpaired) electrons. The summed E-state index contributed by atoms with van der Waals surface area (Å²) in [6.45, 7) is 6.52. The number of hydrogen-bond donors (Lipinski definition) is 2. The monoisotopic (exact) mass is 265 g/mol. The Labute approximate surface area is 115 Å². The fraction of sp³-hybridized carbons (Fsp3) is 0.625. The molecular weight excluding hydrogens is 241 g/mol. The van der Waals surface area contributed by atoms with Crippen LogP contribution in [-0.2, 0) is 0 Å². The molecule has 0 spiro atoms. The molecule has 0 aliphatic heterocycles. The van der Waals surface area contributed by atoms with Crippen LogP contribution < -0.4 is 5.32 Å². The number of hydrogen-bond acceptors (Lipinski definition) is 2. The molecule has 1 aliphatic rings. The standard InChI is InChI=1S/C16H24FNO/c1-4-12-5-7-15(10(12)2)18-11(3)14-9-13(17)6-8-16(14)19/h6,8-12,15,18-19H,4-5,7H2,1-3H3. The van der Waals surface area contributed by atoms with E-state index in [2.05, 4.69) is 19.2 Å². The van der Waals surface area contributed by atoms with E-state index in [1.807, 2.05) is 6.92 Å². The van der Waals surface area contributed by atoms with Crippen LogP contribution in [0.4, 0.5) is 4.39 Å². The quantitative estimate of drug-likeness (QED) is 0.862. The van der Waals surface area contributed by atoms with Gasteiger partial charge in [-0.05, 0) is 49.8 Å². The lowest BCUT2D eigenvalue weighted by Crippen LogP contribution is -2.34. The molecule has 0 bridgehead atoms. The molecule has 0 aromatic heterocycles. The Morgan fingerprint density at radius 3 is 2.79 bits per heavy atom. The lowest BCUT2D eigenvalue weighted by molar-refractivity contribution is 0.324. The minimum atomic E-state index is -0.299. The first-order chi connectivity index (χ1) is 9.02. The number of rotatable bonds is 4. The number of benzene rings is 1. The van der Waals surface area contributed by atoms with E-state index in [4.69, 9.17) is 0 Å². The normalized spacial score (nSPS) is 28.5. The maximum Gasteiger partial charge on any atom is 0.123 e. The van der Waals surface area contributed by atoms with Crippen molar-refractivity contribution in [2.75, 3.05) is 0 Å². The van der Waals surface area contributed by atoms with Crippen LogP contribution in [0.1, 0.15) is 51.6 Å². The van der Waals surface area contributed by atoms with Crippen molar-refractivity contribution in [2.24, 2.45) is 11.8 Å². The number of halogens is 1. The van der Waals surface area contributed by atoms with Gasteiger partial charge in [-0.2, -0.15) is 0 Å². The zero-order valence-electron chi connectivity index (χ0n) is 12.0. The van der Waals surface area contributed by atoms with Gasteiger partial charge in [-0.1, -0.05) is 20.3 Å². The summed E-state index contributed by atoms with van der Waals surface area (Å²) in [5, 5.41) is 13.4. The molecule has 1 saturated carbocycles. The molecule has 0 heterocycles. The Morgan fingerprint density at radius 1 is 1.42 bits per heavy atom. The zero-order chi connectivity index (χ0) is 14.0. The second-order valence-electron chi connectivity index (χ2n) is 5.80. The third kappa shape index (κ3) is 3.08. The number of aromatic hydroxyl groups is 1. The highest BCUT2D eigenvalue weighted by Gasteiger charge is 2.32. The summed E-state index contributed by atoms with van der Waals surface area (Å²) in [5.41, 5.74) is 0.646. The van der Waals surface area contributed by atoms with Gasteiger partial charge in [0, 0.05) is 17.6 Å². The maximum atomic E-state index is 13.3. The van der Waals surface area contributed by atoms with Crippen molar-refractivity contribution in [1.29, 1.82) is 0 Å². The molecule has 2 rings (SSSR count). The van der Waals surface area contributed by atoms with Crippen molar-refractivity contribution >= 4 is 0 Å². The summed E-state index contributed by atoms with van der Waals surface area (Å²) in [6, 6.07) is 4.57. The fourth-order valence-electron chi connectivity index (χ4n) is 3.34. The minimum Gasteiger partial charge on any atom is -0.508 e. The highest BCUT2D eigenvalue weighted by atomic mass is 19.1. The van der Waals surface area contributed by atoms with Gasteiger partial charge in [0.1, 0.15) is 11.6 Å². The Kier molecular flexibility index (Phi) is 4.46. The summed E-state index contributed by atoms with van der Waals surface area (Å²) in [7, 11) is 0. The third-order valence-corrected chi connectivity index (χ3v) is 4.67. The molecule has 1 aliphatic carbocycles. The Hall–Kier alpha value is -1.09. The van der Waals surface area contributed by atoms with Crippen LogP contribution in [0.15, 0.2) is 18.2 Å². The largest absolute Gasteiger partial charge is 0.508 e. The summed E-state index contributed by atoms with van der Waals surface area (Å²) >= 11 is 0. The molecule has 4 atom stereocenters. The lowest BCUT2D eigenvalue weighted by Gasteiger charge is -2.25. The molecule has 1 fully saturated rings. The van der Waals surface area contributed by atoms with Crippen LogP contribution in [-0.4, -0.2) is 11.1 Å². The van der Waals surface area contributed by atoms with Gasteiger partial charge in [0.05, 0.1) is 0 Å². The van der Waals surface area contributed by atoms with Crippen molar-refractivity contribution in [3.63, 3.8) is 0 Å². The highest BCUT2D eigenvalue weighted by Crippen LogP contribution is 2.35. The van der Waals surface area contributed by atoms with Gasteiger partial charge in [-0.3, -0.25) is 0 Å². The van der Waals surface area contributed by atoms with E-state index in [0.717, 1.165) is 5.92 Å². The van der Waals surface area contributed by atoms with Crippen molar-refractivity contribution in [3.8, 4) is 5.75 Å². The van der Waals surface area contributed by atoms with Crippen LogP contribution in [0, 0.1) is 17.7 Å². The van der Waals surface area contributed by atoms with Crippen LogP contribution in [0.2, 0.25) is 0 Å². The summed E-state index contributed by atoms with van der Waals surface area (Å²) in [5.74, 6) is 1.29. The molecule has 2 N–H and O–H groups in total. The van der Waals surface area contributed by atoms with Crippen molar-refractivity contribution in [3.05, 3.63) is 29.6 Å². The van der Waals surface area contributed by atoms with Crippen LogP contribution >= 0.6 is 0 Å². The van der Waals surface area contributed by atoms with Crippen molar-refractivity contribution in [1.82, 2.24) is 5.32 Å². The SMILES string of the molecule is CCC1CCC(NC(C)c2cc(F)ccc2O)C1C. The number of nitrogens with one attached hydrogen (secondary N) is 1. The van der Waals surface area contributed by atoms with E-state index >= 15 is 0 Å². The molecule has 4 unspecified atom stereocenters. The molecule has 0 saturated heterocycles. The molecule has 19 heavy (non-hydrogen) atoms. The minimum absolute atomic E-state index is 0.0289. The van der Waals surface area contributed by atoms with Gasteiger partial charge >= 0.3 is 0 Å². The van der Waals surface area contributed by atoms with Gasteiger partial charge in [0.15, 0.2) is 0 Å². The van der Waals surface area contributed by atoms with Gasteiger partial charge < -0.3 is 10.4 Å². The van der Waals surface area contributed by atoms with Crippen LogP contribution in [0.3, 0.4) is 0 Å². The molecule has 1 aromatic carbocycles. The second kappa shape index (κ2) is 5.91. The first-order valence-corrected chi connectivity index (χ1v) is 7.27. The van der Waals surface area contributed by atoms with Crippen LogP contribution in [0.25, 0.3) is 0 Å². The lowest BCUT2D eigenvalue weighted by atomic mass is 9.93. The molecule has 3 heteroatoms. The molecular formula is C16H24FNO. The average Bonchev–Trinajstić information content (AvgIpc) is 2.73. The Bertz CT molecular complexity index is 435. The zero-order valence-corrected chi connectivity index (χ0v) is 12.0. The topological polar surface area (TPSA) is 32.3 Å². The van der Waals surface area contributed by atoms with E-state index in [-0.39, 0.29) is 17.6 Å². The fourth-order valence-corrected chi connectivity index (χ4v) is 3.34. The number of phenols is 1. The first-order valence-electron chi connectivity index (χ1n) is 7.27. The van der Waals surface area contributed by atoms with Crippen molar-refractivity contribution in [2.45, 2.75) is 52.1 Å². The van der Waals surface area contributed by atoms with E-state index in [0.29, 0.717) is 17.5 Å². The van der Waals surface area contributed by atoms with Gasteiger partial charge in [0.25, 0.3) is 0 Å². The predicted octanol–water partition coefficient (Wildman–Crippen LogP) is 4.01. The van der Waals surface area contributed by atoms with E-state index < -0.39 is 0 Å². The average molecular weight is 265 g/mol.